The van der Waals surface area contributed by atoms with Gasteiger partial charge in [0.25, 0.3) is 0 Å². The minimum Gasteiger partial charge on any atom is -0.423 e. The second-order valence-corrected chi connectivity index (χ2v) is 7.61. The van der Waals surface area contributed by atoms with Crippen molar-refractivity contribution in [2.45, 2.75) is 38.6 Å². The molecule has 0 bridgehead atoms. The maximum Gasteiger partial charge on any atom is 0.488 e. The van der Waals surface area contributed by atoms with E-state index in [0.717, 1.165) is 24.0 Å². The Morgan fingerprint density at radius 1 is 1.07 bits per heavy atom. The Morgan fingerprint density at radius 2 is 1.76 bits per heavy atom. The standard InChI is InChI=1S/C22H27BN2O4/c1-16(26)24-15-18-5-2-6-20(12-18)19-8-10-25(11-9-19)22(27)14-17-4-3-7-21(13-17)23(28)29/h2-7,12-13,19,28-29H,8-11,14-15H2,1H3,(H,24,26). The number of rotatable bonds is 6. The van der Waals surface area contributed by atoms with Crippen molar-refractivity contribution in [3.63, 3.8) is 0 Å². The number of hydrogen-bond donors (Lipinski definition) is 3. The lowest BCUT2D eigenvalue weighted by atomic mass is 9.79. The van der Waals surface area contributed by atoms with E-state index in [4.69, 9.17) is 0 Å². The Balaban J connectivity index is 1.55. The van der Waals surface area contributed by atoms with Crippen molar-refractivity contribution >= 4 is 24.4 Å². The van der Waals surface area contributed by atoms with Crippen LogP contribution in [0.25, 0.3) is 0 Å². The van der Waals surface area contributed by atoms with Gasteiger partial charge in [0, 0.05) is 26.6 Å². The quantitative estimate of drug-likeness (QED) is 0.637. The topological polar surface area (TPSA) is 89.9 Å². The molecule has 152 valence electrons. The molecule has 0 atom stereocenters. The van der Waals surface area contributed by atoms with Crippen LogP contribution in [0.1, 0.15) is 42.4 Å². The third kappa shape index (κ3) is 5.92. The van der Waals surface area contributed by atoms with Crippen molar-refractivity contribution < 1.29 is 19.6 Å². The van der Waals surface area contributed by atoms with Gasteiger partial charge < -0.3 is 20.3 Å². The van der Waals surface area contributed by atoms with E-state index < -0.39 is 7.12 Å². The van der Waals surface area contributed by atoms with Gasteiger partial charge in [-0.2, -0.15) is 0 Å². The first-order valence-corrected chi connectivity index (χ1v) is 9.98. The summed E-state index contributed by atoms with van der Waals surface area (Å²) < 4.78 is 0. The fourth-order valence-electron chi connectivity index (χ4n) is 3.80. The molecule has 1 heterocycles. The molecule has 1 aliphatic rings. The molecule has 6 nitrogen and oxygen atoms in total. The maximum atomic E-state index is 12.7. The van der Waals surface area contributed by atoms with Gasteiger partial charge in [0.2, 0.25) is 11.8 Å². The van der Waals surface area contributed by atoms with Crippen molar-refractivity contribution in [1.29, 1.82) is 0 Å². The molecule has 2 aromatic rings. The molecule has 0 spiro atoms. The summed E-state index contributed by atoms with van der Waals surface area (Å²) in [5.41, 5.74) is 3.52. The lowest BCUT2D eigenvalue weighted by Gasteiger charge is -2.32. The van der Waals surface area contributed by atoms with Crippen LogP contribution in [-0.4, -0.2) is 47.0 Å². The second kappa shape index (κ2) is 9.72. The molecule has 0 aliphatic carbocycles. The zero-order valence-corrected chi connectivity index (χ0v) is 16.7. The molecule has 0 radical (unpaired) electrons. The first-order chi connectivity index (χ1) is 13.9. The SMILES string of the molecule is CC(=O)NCc1cccc(C2CCN(C(=O)Cc3cccc(B(O)O)c3)CC2)c1. The summed E-state index contributed by atoms with van der Waals surface area (Å²) in [7, 11) is -1.53. The highest BCUT2D eigenvalue weighted by Gasteiger charge is 2.24. The predicted molar refractivity (Wildman–Crippen MR) is 112 cm³/mol. The van der Waals surface area contributed by atoms with Crippen LogP contribution >= 0.6 is 0 Å². The van der Waals surface area contributed by atoms with Gasteiger partial charge in [-0.25, -0.2) is 0 Å². The molecule has 0 unspecified atom stereocenters. The Labute approximate surface area is 171 Å². The summed E-state index contributed by atoms with van der Waals surface area (Å²) in [6.45, 7) is 3.46. The Hall–Kier alpha value is -2.64. The monoisotopic (exact) mass is 394 g/mol. The minimum absolute atomic E-state index is 0.0405. The molecule has 1 aliphatic heterocycles. The van der Waals surface area contributed by atoms with Crippen LogP contribution in [0.15, 0.2) is 48.5 Å². The van der Waals surface area contributed by atoms with Crippen LogP contribution in [0.2, 0.25) is 0 Å². The number of amides is 2. The number of carbonyl (C=O) groups excluding carboxylic acids is 2. The lowest BCUT2D eigenvalue weighted by Crippen LogP contribution is -2.39. The van der Waals surface area contributed by atoms with Gasteiger partial charge in [-0.1, -0.05) is 48.5 Å². The zero-order valence-electron chi connectivity index (χ0n) is 16.7. The molecule has 1 fully saturated rings. The molecule has 1 saturated heterocycles. The summed E-state index contributed by atoms with van der Waals surface area (Å²) >= 11 is 0. The summed E-state index contributed by atoms with van der Waals surface area (Å²) in [4.78, 5) is 25.7. The van der Waals surface area contributed by atoms with Crippen LogP contribution in [0, 0.1) is 0 Å². The molecule has 2 aromatic carbocycles. The summed E-state index contributed by atoms with van der Waals surface area (Å²) in [5, 5.41) is 21.4. The van der Waals surface area contributed by atoms with Crippen LogP contribution in [0.3, 0.4) is 0 Å². The van der Waals surface area contributed by atoms with Gasteiger partial charge in [-0.05, 0) is 40.9 Å². The second-order valence-electron chi connectivity index (χ2n) is 7.61. The number of nitrogens with one attached hydrogen (secondary N) is 1. The highest BCUT2D eigenvalue weighted by Crippen LogP contribution is 2.28. The summed E-state index contributed by atoms with van der Waals surface area (Å²) in [6.07, 6.45) is 2.08. The third-order valence-electron chi connectivity index (χ3n) is 5.42. The molecule has 0 aromatic heterocycles. The lowest BCUT2D eigenvalue weighted by molar-refractivity contribution is -0.131. The van der Waals surface area contributed by atoms with Crippen LogP contribution in [0.5, 0.6) is 0 Å². The normalized spacial score (nSPS) is 14.5. The predicted octanol–water partition coefficient (Wildman–Crippen LogP) is 0.951. The molecule has 7 heteroatoms. The molecule has 3 N–H and O–H groups in total. The first-order valence-electron chi connectivity index (χ1n) is 9.98. The van der Waals surface area contributed by atoms with E-state index >= 15 is 0 Å². The van der Waals surface area contributed by atoms with Gasteiger partial charge in [-0.3, -0.25) is 9.59 Å². The van der Waals surface area contributed by atoms with Crippen LogP contribution < -0.4 is 10.8 Å². The summed E-state index contributed by atoms with van der Waals surface area (Å²) in [5.74, 6) is 0.429. The highest BCUT2D eigenvalue weighted by atomic mass is 16.4. The largest absolute Gasteiger partial charge is 0.488 e. The summed E-state index contributed by atoms with van der Waals surface area (Å²) in [6, 6.07) is 15.1. The number of nitrogens with zero attached hydrogens (tertiary/aromatic N) is 1. The van der Waals surface area contributed by atoms with E-state index in [1.165, 1.54) is 12.5 Å². The fourth-order valence-corrected chi connectivity index (χ4v) is 3.80. The molecular weight excluding hydrogens is 367 g/mol. The molecule has 29 heavy (non-hydrogen) atoms. The Bertz CT molecular complexity index is 863. The highest BCUT2D eigenvalue weighted by molar-refractivity contribution is 6.58. The van der Waals surface area contributed by atoms with E-state index in [1.807, 2.05) is 23.1 Å². The first kappa shape index (κ1) is 21.1. The number of likely N-dealkylation sites (tertiary alicyclic amines) is 1. The molecule has 2 amide bonds. The van der Waals surface area contributed by atoms with Crippen molar-refractivity contribution in [2.75, 3.05) is 13.1 Å². The average molecular weight is 394 g/mol. The number of piperidine rings is 1. The van der Waals surface area contributed by atoms with E-state index in [9.17, 15) is 19.6 Å². The van der Waals surface area contributed by atoms with Gasteiger partial charge in [0.1, 0.15) is 0 Å². The molecular formula is C22H27BN2O4. The van der Waals surface area contributed by atoms with E-state index in [0.29, 0.717) is 31.0 Å². The number of carbonyl (C=O) groups is 2. The van der Waals surface area contributed by atoms with E-state index in [2.05, 4.69) is 17.4 Å². The van der Waals surface area contributed by atoms with Gasteiger partial charge in [0.15, 0.2) is 0 Å². The van der Waals surface area contributed by atoms with Gasteiger partial charge >= 0.3 is 7.12 Å². The number of benzene rings is 2. The van der Waals surface area contributed by atoms with Crippen molar-refractivity contribution in [3.05, 3.63) is 65.2 Å². The zero-order chi connectivity index (χ0) is 20.8. The van der Waals surface area contributed by atoms with Crippen molar-refractivity contribution in [1.82, 2.24) is 10.2 Å². The van der Waals surface area contributed by atoms with Crippen molar-refractivity contribution in [3.8, 4) is 0 Å². The number of hydrogen-bond acceptors (Lipinski definition) is 4. The van der Waals surface area contributed by atoms with Crippen LogP contribution in [0.4, 0.5) is 0 Å². The van der Waals surface area contributed by atoms with Crippen LogP contribution in [-0.2, 0) is 22.6 Å². The third-order valence-corrected chi connectivity index (χ3v) is 5.42. The fraction of sp³-hybridized carbons (Fsp3) is 0.364. The van der Waals surface area contributed by atoms with Gasteiger partial charge in [-0.15, -0.1) is 0 Å². The van der Waals surface area contributed by atoms with E-state index in [-0.39, 0.29) is 18.2 Å². The molecule has 3 rings (SSSR count). The van der Waals surface area contributed by atoms with Crippen molar-refractivity contribution in [2.24, 2.45) is 0 Å². The maximum absolute atomic E-state index is 12.7. The van der Waals surface area contributed by atoms with E-state index in [1.54, 1.807) is 18.2 Å². The Kier molecular flexibility index (Phi) is 7.06. The smallest absolute Gasteiger partial charge is 0.423 e. The Morgan fingerprint density at radius 3 is 2.45 bits per heavy atom. The van der Waals surface area contributed by atoms with Gasteiger partial charge in [0.05, 0.1) is 6.42 Å². The average Bonchev–Trinajstić information content (AvgIpc) is 2.72. The molecule has 0 saturated carbocycles. The minimum atomic E-state index is -1.53.